The number of benzene rings is 2. The van der Waals surface area contributed by atoms with Gasteiger partial charge in [-0.05, 0) is 61.5 Å². The van der Waals surface area contributed by atoms with Crippen LogP contribution in [0.1, 0.15) is 6.92 Å². The monoisotopic (exact) mass is 473 g/mol. The van der Waals surface area contributed by atoms with Crippen LogP contribution in [-0.2, 0) is 14.8 Å². The Labute approximate surface area is 191 Å². The molecule has 0 aliphatic heterocycles. The number of thioether (sulfide) groups is 1. The molecule has 0 bridgehead atoms. The molecule has 32 heavy (non-hydrogen) atoms. The molecule has 3 aromatic rings. The van der Waals surface area contributed by atoms with Crippen molar-refractivity contribution in [2.24, 2.45) is 0 Å². The lowest BCUT2D eigenvalue weighted by molar-refractivity contribution is -0.115. The van der Waals surface area contributed by atoms with Gasteiger partial charge in [-0.2, -0.15) is 0 Å². The fourth-order valence-corrected chi connectivity index (χ4v) is 4.69. The van der Waals surface area contributed by atoms with E-state index in [-0.39, 0.29) is 10.8 Å². The minimum Gasteiger partial charge on any atom is -0.493 e. The highest BCUT2D eigenvalue weighted by atomic mass is 32.2. The number of nitrogens with one attached hydrogen (secondary N) is 2. The van der Waals surface area contributed by atoms with E-state index in [9.17, 15) is 13.2 Å². The van der Waals surface area contributed by atoms with Crippen molar-refractivity contribution in [3.8, 4) is 11.5 Å². The van der Waals surface area contributed by atoms with E-state index < -0.39 is 15.3 Å². The molecule has 0 saturated carbocycles. The second kappa shape index (κ2) is 10.4. The maximum Gasteiger partial charge on any atom is 0.261 e. The third kappa shape index (κ3) is 5.92. The molecule has 1 heterocycles. The Bertz CT molecular complexity index is 1170. The van der Waals surface area contributed by atoms with Crippen molar-refractivity contribution in [3.63, 3.8) is 0 Å². The molecular formula is C22H23N3O5S2. The largest absolute Gasteiger partial charge is 0.493 e. The van der Waals surface area contributed by atoms with Crippen LogP contribution in [0, 0.1) is 0 Å². The Morgan fingerprint density at radius 2 is 1.72 bits per heavy atom. The maximum absolute atomic E-state index is 12.6. The fraction of sp³-hybridized carbons (Fsp3) is 0.182. The van der Waals surface area contributed by atoms with Gasteiger partial charge < -0.3 is 14.8 Å². The van der Waals surface area contributed by atoms with Crippen molar-refractivity contribution in [3.05, 3.63) is 67.0 Å². The molecule has 1 aromatic heterocycles. The minimum absolute atomic E-state index is 0.0760. The number of hydrogen-bond donors (Lipinski definition) is 2. The summed E-state index contributed by atoms with van der Waals surface area (Å²) in [4.78, 5) is 17.4. The first-order valence-electron chi connectivity index (χ1n) is 9.55. The zero-order valence-electron chi connectivity index (χ0n) is 17.7. The normalized spacial score (nSPS) is 12.0. The quantitative estimate of drug-likeness (QED) is 0.452. The molecule has 0 radical (unpaired) electrons. The summed E-state index contributed by atoms with van der Waals surface area (Å²) in [6.07, 6.45) is 2.98. The van der Waals surface area contributed by atoms with Crippen molar-refractivity contribution in [1.29, 1.82) is 0 Å². The number of nitrogens with zero attached hydrogens (tertiary/aromatic N) is 1. The molecular weight excluding hydrogens is 450 g/mol. The van der Waals surface area contributed by atoms with Gasteiger partial charge in [-0.1, -0.05) is 0 Å². The van der Waals surface area contributed by atoms with Crippen LogP contribution >= 0.6 is 11.8 Å². The zero-order chi connectivity index (χ0) is 23.1. The average Bonchev–Trinajstić information content (AvgIpc) is 2.79. The summed E-state index contributed by atoms with van der Waals surface area (Å²) in [6, 6.07) is 14.6. The predicted molar refractivity (Wildman–Crippen MR) is 125 cm³/mol. The van der Waals surface area contributed by atoms with E-state index in [2.05, 4.69) is 15.0 Å². The second-order valence-corrected chi connectivity index (χ2v) is 9.73. The van der Waals surface area contributed by atoms with E-state index in [1.54, 1.807) is 57.7 Å². The van der Waals surface area contributed by atoms with Crippen molar-refractivity contribution < 1.29 is 22.7 Å². The molecule has 2 aromatic carbocycles. The van der Waals surface area contributed by atoms with Crippen LogP contribution in [0.15, 0.2) is 76.8 Å². The van der Waals surface area contributed by atoms with Gasteiger partial charge in [-0.15, -0.1) is 11.8 Å². The molecule has 3 rings (SSSR count). The highest BCUT2D eigenvalue weighted by Gasteiger charge is 2.18. The lowest BCUT2D eigenvalue weighted by atomic mass is 10.3. The predicted octanol–water partition coefficient (Wildman–Crippen LogP) is 4.02. The van der Waals surface area contributed by atoms with Crippen LogP contribution in [0.5, 0.6) is 11.5 Å². The first-order chi connectivity index (χ1) is 15.3. The third-order valence-corrected chi connectivity index (χ3v) is 6.87. The molecule has 8 nitrogen and oxygen atoms in total. The van der Waals surface area contributed by atoms with Crippen molar-refractivity contribution in [2.75, 3.05) is 24.3 Å². The number of aromatic nitrogens is 1. The maximum atomic E-state index is 12.6. The van der Waals surface area contributed by atoms with E-state index in [0.717, 1.165) is 4.90 Å². The number of ether oxygens (including phenoxy) is 2. The number of anilines is 2. The van der Waals surface area contributed by atoms with E-state index in [0.29, 0.717) is 22.9 Å². The number of carbonyl (C=O) groups excluding carboxylic acids is 1. The van der Waals surface area contributed by atoms with Crippen LogP contribution in [0.25, 0.3) is 0 Å². The summed E-state index contributed by atoms with van der Waals surface area (Å²) < 4.78 is 38.0. The highest BCUT2D eigenvalue weighted by Crippen LogP contribution is 2.33. The van der Waals surface area contributed by atoms with Gasteiger partial charge in [0.2, 0.25) is 5.91 Å². The number of amides is 1. The number of hydrogen-bond acceptors (Lipinski definition) is 7. The van der Waals surface area contributed by atoms with Gasteiger partial charge in [-0.3, -0.25) is 14.5 Å². The molecule has 1 atom stereocenters. The van der Waals surface area contributed by atoms with Gasteiger partial charge in [0.05, 0.1) is 36.2 Å². The van der Waals surface area contributed by atoms with Gasteiger partial charge in [-0.25, -0.2) is 8.42 Å². The molecule has 0 fully saturated rings. The number of rotatable bonds is 9. The van der Waals surface area contributed by atoms with E-state index in [4.69, 9.17) is 9.47 Å². The first kappa shape index (κ1) is 23.4. The molecule has 0 aliphatic rings. The Morgan fingerprint density at radius 1 is 1.00 bits per heavy atom. The average molecular weight is 474 g/mol. The number of pyridine rings is 1. The Hall–Kier alpha value is -3.24. The summed E-state index contributed by atoms with van der Waals surface area (Å²) >= 11 is 1.37. The molecule has 0 unspecified atom stereocenters. The van der Waals surface area contributed by atoms with Gasteiger partial charge in [0.25, 0.3) is 10.0 Å². The molecule has 1 amide bonds. The van der Waals surface area contributed by atoms with Crippen LogP contribution in [0.4, 0.5) is 11.4 Å². The Morgan fingerprint density at radius 3 is 2.34 bits per heavy atom. The van der Waals surface area contributed by atoms with E-state index in [1.807, 2.05) is 12.1 Å². The fourth-order valence-electron chi connectivity index (χ4n) is 2.75. The lowest BCUT2D eigenvalue weighted by Gasteiger charge is -2.14. The van der Waals surface area contributed by atoms with Crippen LogP contribution in [0.2, 0.25) is 0 Å². The SMILES string of the molecule is COc1ccc(S[C@H](C)C(=O)Nc2ccc(S(=O)(=O)Nc3cccnc3)cc2)cc1OC. The highest BCUT2D eigenvalue weighted by molar-refractivity contribution is 8.00. The topological polar surface area (TPSA) is 107 Å². The summed E-state index contributed by atoms with van der Waals surface area (Å²) in [7, 11) is -0.641. The molecule has 2 N–H and O–H groups in total. The zero-order valence-corrected chi connectivity index (χ0v) is 19.4. The molecule has 0 aliphatic carbocycles. The van der Waals surface area contributed by atoms with Crippen molar-refractivity contribution >= 4 is 39.1 Å². The standard InChI is InChI=1S/C22H23N3O5S2/c1-15(31-18-8-11-20(29-2)21(13-18)30-3)22(26)24-16-6-9-19(10-7-16)32(27,28)25-17-5-4-12-23-14-17/h4-15,25H,1-3H3,(H,24,26)/t15-/m1/s1. The number of methoxy groups -OCH3 is 2. The van der Waals surface area contributed by atoms with Gasteiger partial charge >= 0.3 is 0 Å². The Kier molecular flexibility index (Phi) is 7.60. The van der Waals surface area contributed by atoms with E-state index >= 15 is 0 Å². The van der Waals surface area contributed by atoms with Crippen molar-refractivity contribution in [1.82, 2.24) is 4.98 Å². The van der Waals surface area contributed by atoms with Gasteiger partial charge in [0.1, 0.15) is 0 Å². The third-order valence-electron chi connectivity index (χ3n) is 4.38. The van der Waals surface area contributed by atoms with Crippen molar-refractivity contribution in [2.45, 2.75) is 22.0 Å². The Balaban J connectivity index is 1.63. The smallest absolute Gasteiger partial charge is 0.261 e. The molecule has 0 saturated heterocycles. The first-order valence-corrected chi connectivity index (χ1v) is 11.9. The summed E-state index contributed by atoms with van der Waals surface area (Å²) in [5, 5.41) is 2.40. The van der Waals surface area contributed by atoms with Crippen LogP contribution < -0.4 is 19.5 Å². The number of carbonyl (C=O) groups is 1. The molecule has 0 spiro atoms. The summed E-state index contributed by atoms with van der Waals surface area (Å²) in [5.74, 6) is 0.984. The van der Waals surface area contributed by atoms with Crippen LogP contribution in [0.3, 0.4) is 0 Å². The molecule has 10 heteroatoms. The van der Waals surface area contributed by atoms with E-state index in [1.165, 1.54) is 30.1 Å². The molecule has 168 valence electrons. The van der Waals surface area contributed by atoms with Gasteiger partial charge in [0, 0.05) is 16.8 Å². The second-order valence-electron chi connectivity index (χ2n) is 6.64. The summed E-state index contributed by atoms with van der Waals surface area (Å²) in [6.45, 7) is 1.79. The number of sulfonamides is 1. The summed E-state index contributed by atoms with van der Waals surface area (Å²) in [5.41, 5.74) is 0.862. The van der Waals surface area contributed by atoms with Gasteiger partial charge in [0.15, 0.2) is 11.5 Å². The minimum atomic E-state index is -3.76. The lowest BCUT2D eigenvalue weighted by Crippen LogP contribution is -2.22. The van der Waals surface area contributed by atoms with Crippen LogP contribution in [-0.4, -0.2) is 38.8 Å².